The van der Waals surface area contributed by atoms with E-state index in [-0.39, 0.29) is 6.17 Å². The molecule has 22 heavy (non-hydrogen) atoms. The van der Waals surface area contributed by atoms with Gasteiger partial charge in [-0.15, -0.1) is 0 Å². The van der Waals surface area contributed by atoms with Gasteiger partial charge >= 0.3 is 0 Å². The topological polar surface area (TPSA) is 44.3 Å². The van der Waals surface area contributed by atoms with Crippen molar-refractivity contribution in [3.8, 4) is 0 Å². The van der Waals surface area contributed by atoms with E-state index >= 15 is 0 Å². The Balaban J connectivity index is 1.59. The predicted octanol–water partition coefficient (Wildman–Crippen LogP) is 2.22. The number of hydrogen-bond donors (Lipinski definition) is 1. The second-order valence-electron chi connectivity index (χ2n) is 5.26. The Morgan fingerprint density at radius 2 is 1.68 bits per heavy atom. The molecule has 1 N–H and O–H groups in total. The van der Waals surface area contributed by atoms with Crippen LogP contribution >= 0.6 is 0 Å². The highest BCUT2D eigenvalue weighted by atomic mass is 15.3. The summed E-state index contributed by atoms with van der Waals surface area (Å²) in [6, 6.07) is 12.4. The van der Waals surface area contributed by atoms with Crippen molar-refractivity contribution < 1.29 is 0 Å². The molecule has 1 aromatic carbocycles. The summed E-state index contributed by atoms with van der Waals surface area (Å²) in [5.41, 5.74) is 1.29. The van der Waals surface area contributed by atoms with E-state index in [1.165, 1.54) is 5.69 Å². The monoisotopic (exact) mass is 295 g/mol. The summed E-state index contributed by atoms with van der Waals surface area (Å²) in [5.74, 6) is 0.637. The van der Waals surface area contributed by atoms with Crippen molar-refractivity contribution in [2.24, 2.45) is 0 Å². The molecule has 1 atom stereocenters. The molecule has 1 unspecified atom stereocenters. The minimum absolute atomic E-state index is 0.0559. The first kappa shape index (κ1) is 14.5. The first-order valence-electron chi connectivity index (χ1n) is 7.57. The average Bonchev–Trinajstić information content (AvgIpc) is 2.61. The number of nitrogens with one attached hydrogen (secondary N) is 1. The van der Waals surface area contributed by atoms with Crippen molar-refractivity contribution in [3.05, 3.63) is 61.4 Å². The second kappa shape index (κ2) is 7.04. The molecular formula is C17H21N5. The third-order valence-corrected chi connectivity index (χ3v) is 3.90. The van der Waals surface area contributed by atoms with Crippen molar-refractivity contribution >= 4 is 11.6 Å². The van der Waals surface area contributed by atoms with Crippen LogP contribution < -0.4 is 10.2 Å². The summed E-state index contributed by atoms with van der Waals surface area (Å²) in [5, 5.41) is 3.32. The highest BCUT2D eigenvalue weighted by molar-refractivity contribution is 5.46. The lowest BCUT2D eigenvalue weighted by molar-refractivity contribution is 0.232. The number of anilines is 2. The molecule has 114 valence electrons. The van der Waals surface area contributed by atoms with Gasteiger partial charge < -0.3 is 10.2 Å². The molecule has 1 aromatic heterocycles. The summed E-state index contributed by atoms with van der Waals surface area (Å²) in [6.07, 6.45) is 5.44. The predicted molar refractivity (Wildman–Crippen MR) is 89.9 cm³/mol. The Morgan fingerprint density at radius 3 is 2.32 bits per heavy atom. The van der Waals surface area contributed by atoms with E-state index in [0.717, 1.165) is 26.2 Å². The highest BCUT2D eigenvalue weighted by Gasteiger charge is 2.22. The summed E-state index contributed by atoms with van der Waals surface area (Å²) in [7, 11) is 0. The smallest absolute Gasteiger partial charge is 0.224 e. The van der Waals surface area contributed by atoms with Gasteiger partial charge in [-0.1, -0.05) is 30.9 Å². The fraction of sp³-hybridized carbons (Fsp3) is 0.294. The maximum atomic E-state index is 4.22. The van der Waals surface area contributed by atoms with Gasteiger partial charge in [0.05, 0.1) is 0 Å². The Morgan fingerprint density at radius 1 is 1.00 bits per heavy atom. The molecule has 0 saturated carbocycles. The maximum Gasteiger partial charge on any atom is 0.224 e. The zero-order valence-electron chi connectivity index (χ0n) is 12.6. The molecule has 3 rings (SSSR count). The van der Waals surface area contributed by atoms with Crippen LogP contribution in [0.1, 0.15) is 0 Å². The van der Waals surface area contributed by atoms with Crippen LogP contribution in [0.2, 0.25) is 0 Å². The average molecular weight is 295 g/mol. The van der Waals surface area contributed by atoms with Gasteiger partial charge in [-0.3, -0.25) is 4.90 Å². The molecule has 0 bridgehead atoms. The first-order chi connectivity index (χ1) is 10.9. The molecule has 5 nitrogen and oxygen atoms in total. The maximum absolute atomic E-state index is 4.22. The normalized spacial score (nSPS) is 17.0. The number of piperazine rings is 1. The van der Waals surface area contributed by atoms with E-state index in [1.54, 1.807) is 12.4 Å². The molecule has 0 aliphatic carbocycles. The Kier molecular flexibility index (Phi) is 4.65. The summed E-state index contributed by atoms with van der Waals surface area (Å²) >= 11 is 0. The SMILES string of the molecule is C=CC(Nc1ncccn1)N1CCN(c2ccccc2)CC1. The Labute approximate surface area is 131 Å². The number of rotatable bonds is 5. The minimum Gasteiger partial charge on any atom is -0.369 e. The molecule has 1 aliphatic rings. The summed E-state index contributed by atoms with van der Waals surface area (Å²) in [4.78, 5) is 13.2. The van der Waals surface area contributed by atoms with Gasteiger partial charge in [0.1, 0.15) is 6.17 Å². The minimum atomic E-state index is 0.0559. The van der Waals surface area contributed by atoms with Crippen molar-refractivity contribution in [2.45, 2.75) is 6.17 Å². The number of hydrogen-bond acceptors (Lipinski definition) is 5. The Hall–Kier alpha value is -2.40. The molecule has 1 saturated heterocycles. The largest absolute Gasteiger partial charge is 0.369 e. The van der Waals surface area contributed by atoms with E-state index in [0.29, 0.717) is 5.95 Å². The van der Waals surface area contributed by atoms with Crippen LogP contribution in [0.3, 0.4) is 0 Å². The zero-order chi connectivity index (χ0) is 15.2. The Bertz CT molecular complexity index is 579. The number of nitrogens with zero attached hydrogens (tertiary/aromatic N) is 4. The van der Waals surface area contributed by atoms with Gasteiger partial charge in [0, 0.05) is 44.3 Å². The number of para-hydroxylation sites is 1. The van der Waals surface area contributed by atoms with Crippen LogP contribution in [0.25, 0.3) is 0 Å². The molecule has 1 aliphatic heterocycles. The zero-order valence-corrected chi connectivity index (χ0v) is 12.6. The van der Waals surface area contributed by atoms with Gasteiger partial charge in [0.15, 0.2) is 0 Å². The fourth-order valence-electron chi connectivity index (χ4n) is 2.70. The fourth-order valence-corrected chi connectivity index (χ4v) is 2.70. The standard InChI is InChI=1S/C17H21N5/c1-2-16(20-17-18-9-6-10-19-17)22-13-11-21(12-14-22)15-7-4-3-5-8-15/h2-10,16H,1,11-14H2,(H,18,19,20). The lowest BCUT2D eigenvalue weighted by Gasteiger charge is -2.39. The van der Waals surface area contributed by atoms with E-state index < -0.39 is 0 Å². The van der Waals surface area contributed by atoms with Gasteiger partial charge in [-0.05, 0) is 18.2 Å². The third-order valence-electron chi connectivity index (χ3n) is 3.90. The molecule has 0 amide bonds. The van der Waals surface area contributed by atoms with E-state index in [2.05, 4.69) is 62.0 Å². The number of benzene rings is 1. The lowest BCUT2D eigenvalue weighted by Crippen LogP contribution is -2.52. The van der Waals surface area contributed by atoms with Gasteiger partial charge in [0.2, 0.25) is 5.95 Å². The van der Waals surface area contributed by atoms with Gasteiger partial charge in [0.25, 0.3) is 0 Å². The molecule has 2 aromatic rings. The first-order valence-corrected chi connectivity index (χ1v) is 7.57. The number of aromatic nitrogens is 2. The third kappa shape index (κ3) is 3.43. The summed E-state index contributed by atoms with van der Waals surface area (Å²) < 4.78 is 0. The van der Waals surface area contributed by atoms with Crippen LogP contribution in [0.15, 0.2) is 61.4 Å². The quantitative estimate of drug-likeness (QED) is 0.857. The molecule has 0 spiro atoms. The van der Waals surface area contributed by atoms with E-state index in [4.69, 9.17) is 0 Å². The van der Waals surface area contributed by atoms with E-state index in [1.807, 2.05) is 12.1 Å². The van der Waals surface area contributed by atoms with Crippen LogP contribution in [-0.2, 0) is 0 Å². The van der Waals surface area contributed by atoms with Crippen molar-refractivity contribution in [3.63, 3.8) is 0 Å². The van der Waals surface area contributed by atoms with Crippen molar-refractivity contribution in [2.75, 3.05) is 36.4 Å². The van der Waals surface area contributed by atoms with Crippen LogP contribution in [0.4, 0.5) is 11.6 Å². The van der Waals surface area contributed by atoms with Gasteiger partial charge in [-0.25, -0.2) is 9.97 Å². The molecule has 0 radical (unpaired) electrons. The second-order valence-corrected chi connectivity index (χ2v) is 5.26. The van der Waals surface area contributed by atoms with Crippen molar-refractivity contribution in [1.29, 1.82) is 0 Å². The van der Waals surface area contributed by atoms with Crippen molar-refractivity contribution in [1.82, 2.24) is 14.9 Å². The summed E-state index contributed by atoms with van der Waals surface area (Å²) in [6.45, 7) is 7.90. The van der Waals surface area contributed by atoms with E-state index in [9.17, 15) is 0 Å². The molecule has 5 heteroatoms. The highest BCUT2D eigenvalue weighted by Crippen LogP contribution is 2.17. The van der Waals surface area contributed by atoms with Crippen LogP contribution in [0, 0.1) is 0 Å². The lowest BCUT2D eigenvalue weighted by atomic mass is 10.2. The van der Waals surface area contributed by atoms with Gasteiger partial charge in [-0.2, -0.15) is 0 Å². The molecular weight excluding hydrogens is 274 g/mol. The van der Waals surface area contributed by atoms with Crippen LogP contribution in [-0.4, -0.2) is 47.2 Å². The molecule has 2 heterocycles. The van der Waals surface area contributed by atoms with Crippen LogP contribution in [0.5, 0.6) is 0 Å². The molecule has 1 fully saturated rings.